The molecule has 28 heavy (non-hydrogen) atoms. The molecule has 3 atom stereocenters. The summed E-state index contributed by atoms with van der Waals surface area (Å²) in [5.74, 6) is 1.05. The summed E-state index contributed by atoms with van der Waals surface area (Å²) >= 11 is 0. The topological polar surface area (TPSA) is 59.3 Å². The highest BCUT2D eigenvalue weighted by Gasteiger charge is 2.59. The van der Waals surface area contributed by atoms with Gasteiger partial charge in [-0.3, -0.25) is 14.2 Å². The van der Waals surface area contributed by atoms with Crippen LogP contribution in [0, 0.1) is 16.7 Å². The monoisotopic (exact) mass is 374 g/mol. The van der Waals surface area contributed by atoms with Crippen LogP contribution in [-0.4, -0.2) is 26.3 Å². The molecule has 0 spiro atoms. The van der Waals surface area contributed by atoms with Crippen molar-refractivity contribution < 1.29 is 4.79 Å². The first-order valence-corrected chi connectivity index (χ1v) is 10.1. The Morgan fingerprint density at radius 3 is 2.68 bits per heavy atom. The Labute approximate surface area is 165 Å². The maximum atomic E-state index is 13.4. The van der Waals surface area contributed by atoms with Gasteiger partial charge in [0.15, 0.2) is 0 Å². The second kappa shape index (κ2) is 5.90. The molecule has 1 amide bonds. The van der Waals surface area contributed by atoms with Crippen LogP contribution in [0.2, 0.25) is 0 Å². The van der Waals surface area contributed by atoms with Crippen LogP contribution in [0.3, 0.4) is 0 Å². The highest BCUT2D eigenvalue weighted by molar-refractivity contribution is 5.94. The summed E-state index contributed by atoms with van der Waals surface area (Å²) in [5.41, 5.74) is 3.00. The fourth-order valence-corrected chi connectivity index (χ4v) is 5.78. The van der Waals surface area contributed by atoms with Crippen molar-refractivity contribution in [3.63, 3.8) is 0 Å². The zero-order valence-corrected chi connectivity index (χ0v) is 16.6. The van der Waals surface area contributed by atoms with Crippen molar-refractivity contribution in [2.24, 2.45) is 16.7 Å². The highest BCUT2D eigenvalue weighted by atomic mass is 16.2. The van der Waals surface area contributed by atoms with Crippen molar-refractivity contribution in [2.45, 2.75) is 46.1 Å². The van der Waals surface area contributed by atoms with Crippen LogP contribution in [0.1, 0.15) is 50.7 Å². The first kappa shape index (κ1) is 17.4. The van der Waals surface area contributed by atoms with Crippen LogP contribution in [0.25, 0.3) is 16.8 Å². The molecule has 3 aromatic rings. The van der Waals surface area contributed by atoms with Crippen molar-refractivity contribution in [1.82, 2.24) is 19.7 Å². The number of nitrogens with one attached hydrogen (secondary N) is 1. The quantitative estimate of drug-likeness (QED) is 0.742. The maximum Gasteiger partial charge on any atom is 0.287 e. The van der Waals surface area contributed by atoms with Crippen LogP contribution >= 0.6 is 0 Å². The smallest absolute Gasteiger partial charge is 0.287 e. The molecule has 5 rings (SSSR count). The largest absolute Gasteiger partial charge is 0.346 e. The number of fused-ring (bicyclic) bond motifs is 3. The lowest BCUT2D eigenvalue weighted by atomic mass is 9.68. The first-order valence-electron chi connectivity index (χ1n) is 10.1. The van der Waals surface area contributed by atoms with Crippen LogP contribution in [-0.2, 0) is 0 Å². The summed E-state index contributed by atoms with van der Waals surface area (Å²) in [6.45, 7) is 6.94. The van der Waals surface area contributed by atoms with Gasteiger partial charge in [0.2, 0.25) is 5.82 Å². The number of rotatable bonds is 3. The lowest BCUT2D eigenvalue weighted by molar-refractivity contribution is 0.0728. The average molecular weight is 374 g/mol. The van der Waals surface area contributed by atoms with Gasteiger partial charge in [-0.25, -0.2) is 4.98 Å². The van der Waals surface area contributed by atoms with Crippen LogP contribution < -0.4 is 5.32 Å². The molecule has 2 aliphatic carbocycles. The van der Waals surface area contributed by atoms with Gasteiger partial charge in [-0.2, -0.15) is 0 Å². The van der Waals surface area contributed by atoms with Gasteiger partial charge in [0.25, 0.3) is 5.91 Å². The molecular weight excluding hydrogens is 348 g/mol. The number of carbonyl (C=O) groups is 1. The molecule has 2 bridgehead atoms. The number of pyridine rings is 2. The van der Waals surface area contributed by atoms with Crippen molar-refractivity contribution >= 4 is 11.4 Å². The Hall–Kier alpha value is -2.69. The maximum absolute atomic E-state index is 13.4. The Morgan fingerprint density at radius 2 is 1.96 bits per heavy atom. The van der Waals surface area contributed by atoms with Gasteiger partial charge >= 0.3 is 0 Å². The van der Waals surface area contributed by atoms with E-state index >= 15 is 0 Å². The van der Waals surface area contributed by atoms with Crippen molar-refractivity contribution in [2.75, 3.05) is 0 Å². The summed E-state index contributed by atoms with van der Waals surface area (Å²) in [6, 6.07) is 9.94. The number of amides is 1. The number of hydrogen-bond acceptors (Lipinski definition) is 3. The van der Waals surface area contributed by atoms with Gasteiger partial charge in [-0.1, -0.05) is 26.8 Å². The molecule has 3 heterocycles. The van der Waals surface area contributed by atoms with Gasteiger partial charge < -0.3 is 5.32 Å². The first-order chi connectivity index (χ1) is 13.4. The van der Waals surface area contributed by atoms with E-state index in [0.29, 0.717) is 11.7 Å². The molecule has 3 aromatic heterocycles. The fourth-order valence-electron chi connectivity index (χ4n) is 5.78. The second-order valence-corrected chi connectivity index (χ2v) is 9.30. The van der Waals surface area contributed by atoms with Crippen molar-refractivity contribution in [3.05, 3.63) is 54.7 Å². The minimum absolute atomic E-state index is 0.0895. The molecule has 2 fully saturated rings. The van der Waals surface area contributed by atoms with Gasteiger partial charge in [-0.15, -0.1) is 0 Å². The molecule has 0 radical (unpaired) electrons. The Kier molecular flexibility index (Phi) is 3.67. The number of aromatic nitrogens is 3. The van der Waals surface area contributed by atoms with E-state index in [1.165, 1.54) is 19.3 Å². The van der Waals surface area contributed by atoms with E-state index in [2.05, 4.69) is 31.1 Å². The van der Waals surface area contributed by atoms with E-state index in [1.54, 1.807) is 12.4 Å². The Bertz CT molecular complexity index is 1050. The van der Waals surface area contributed by atoms with Crippen LogP contribution in [0.4, 0.5) is 0 Å². The summed E-state index contributed by atoms with van der Waals surface area (Å²) in [5, 5.41) is 3.38. The Balaban J connectivity index is 1.54. The van der Waals surface area contributed by atoms with Crippen molar-refractivity contribution in [3.8, 4) is 11.3 Å². The highest BCUT2D eigenvalue weighted by Crippen LogP contribution is 2.62. The lowest BCUT2D eigenvalue weighted by Gasteiger charge is -2.42. The third-order valence-electron chi connectivity index (χ3n) is 7.25. The third kappa shape index (κ3) is 2.42. The van der Waals surface area contributed by atoms with Crippen LogP contribution in [0.5, 0.6) is 0 Å². The number of hydrogen-bond donors (Lipinski definition) is 1. The minimum atomic E-state index is -0.0895. The van der Waals surface area contributed by atoms with E-state index in [9.17, 15) is 4.79 Å². The van der Waals surface area contributed by atoms with E-state index in [-0.39, 0.29) is 22.8 Å². The van der Waals surface area contributed by atoms with E-state index in [0.717, 1.165) is 16.8 Å². The predicted octanol–water partition coefficient (Wildman–Crippen LogP) is 4.34. The molecule has 0 aliphatic heterocycles. The number of carbonyl (C=O) groups excluding carboxylic acids is 1. The standard InChI is InChI=1S/C23H26N4O/c1-22(2)16-7-10-23(3,14-16)21(22)26-20(28)19-25-18(15-8-11-24-12-9-15)17-6-4-5-13-27(17)19/h4-6,8-9,11-13,16,21H,7,10,14H2,1-3H3,(H,26,28)/t16-,21+,23+/m1/s1. The number of nitrogens with zero attached hydrogens (tertiary/aromatic N) is 3. The zero-order chi connectivity index (χ0) is 19.5. The van der Waals surface area contributed by atoms with Gasteiger partial charge in [0.05, 0.1) is 11.2 Å². The van der Waals surface area contributed by atoms with E-state index in [4.69, 9.17) is 4.98 Å². The summed E-state index contributed by atoms with van der Waals surface area (Å²) in [7, 11) is 0. The summed E-state index contributed by atoms with van der Waals surface area (Å²) in [4.78, 5) is 22.2. The summed E-state index contributed by atoms with van der Waals surface area (Å²) < 4.78 is 1.90. The molecule has 144 valence electrons. The predicted molar refractivity (Wildman–Crippen MR) is 109 cm³/mol. The molecule has 5 heteroatoms. The molecule has 0 aromatic carbocycles. The number of imidazole rings is 1. The minimum Gasteiger partial charge on any atom is -0.346 e. The second-order valence-electron chi connectivity index (χ2n) is 9.30. The molecule has 5 nitrogen and oxygen atoms in total. The third-order valence-corrected chi connectivity index (χ3v) is 7.25. The molecule has 0 unspecified atom stereocenters. The van der Waals surface area contributed by atoms with Crippen LogP contribution in [0.15, 0.2) is 48.9 Å². The SMILES string of the molecule is CC1(C)[C@@H]2CC[C@@](C)(C2)[C@H]1NC(=O)c1nc(-c2ccncc2)c2ccccn12. The molecule has 2 aliphatic rings. The van der Waals surface area contributed by atoms with E-state index < -0.39 is 0 Å². The van der Waals surface area contributed by atoms with Gasteiger partial charge in [-0.05, 0) is 60.3 Å². The lowest BCUT2D eigenvalue weighted by Crippen LogP contribution is -2.52. The molecule has 0 saturated heterocycles. The summed E-state index contributed by atoms with van der Waals surface area (Å²) in [6.07, 6.45) is 9.08. The van der Waals surface area contributed by atoms with Crippen molar-refractivity contribution in [1.29, 1.82) is 0 Å². The van der Waals surface area contributed by atoms with E-state index in [1.807, 2.05) is 40.9 Å². The average Bonchev–Trinajstić information content (AvgIpc) is 3.33. The molecular formula is C23H26N4O. The molecule has 2 saturated carbocycles. The fraction of sp³-hybridized carbons (Fsp3) is 0.435. The Morgan fingerprint density at radius 1 is 1.18 bits per heavy atom. The van der Waals surface area contributed by atoms with Gasteiger partial charge in [0, 0.05) is 30.2 Å². The normalized spacial score (nSPS) is 28.0. The zero-order valence-electron chi connectivity index (χ0n) is 16.6. The van der Waals surface area contributed by atoms with Gasteiger partial charge in [0.1, 0.15) is 0 Å². The molecule has 1 N–H and O–H groups in total.